The van der Waals surface area contributed by atoms with Crippen LogP contribution in [0.1, 0.15) is 42.5 Å². The summed E-state index contributed by atoms with van der Waals surface area (Å²) >= 11 is 1.52. The Morgan fingerprint density at radius 1 is 0.848 bits per heavy atom. The summed E-state index contributed by atoms with van der Waals surface area (Å²) in [6.07, 6.45) is 2.92. The predicted octanol–water partition coefficient (Wildman–Crippen LogP) is 6.78. The van der Waals surface area contributed by atoms with Crippen LogP contribution >= 0.6 is 11.8 Å². The van der Waals surface area contributed by atoms with E-state index in [1.807, 2.05) is 101 Å². The fourth-order valence-electron chi connectivity index (χ4n) is 5.08. The van der Waals surface area contributed by atoms with E-state index >= 15 is 0 Å². The smallest absolute Gasteiger partial charge is 0.264 e. The van der Waals surface area contributed by atoms with Crippen molar-refractivity contribution < 1.29 is 18.0 Å². The summed E-state index contributed by atoms with van der Waals surface area (Å²) in [6, 6.07) is 30.0. The molecule has 0 spiro atoms. The zero-order valence-corrected chi connectivity index (χ0v) is 28.8. The number of carbonyl (C=O) groups is 2. The van der Waals surface area contributed by atoms with Gasteiger partial charge >= 0.3 is 0 Å². The number of anilines is 1. The number of nitrogens with one attached hydrogen (secondary N) is 1. The van der Waals surface area contributed by atoms with Gasteiger partial charge in [0.05, 0.1) is 10.6 Å². The topological polar surface area (TPSA) is 86.8 Å². The van der Waals surface area contributed by atoms with Crippen LogP contribution < -0.4 is 9.62 Å². The number of nitrogens with zero attached hydrogens (tertiary/aromatic N) is 2. The Hall–Kier alpha value is -4.08. The SMILES string of the molecule is CC[C@@H](C)NC(=O)[C@H](Cc1ccccc1)N(Cc1ccccc1C)C(=O)CN(c1ccc(C)cc1)S(=O)(=O)c1ccc(SC)cc1. The highest BCUT2D eigenvalue weighted by atomic mass is 32.2. The molecule has 0 saturated carbocycles. The van der Waals surface area contributed by atoms with Gasteiger partial charge in [0.1, 0.15) is 12.6 Å². The highest BCUT2D eigenvalue weighted by Gasteiger charge is 2.35. The summed E-state index contributed by atoms with van der Waals surface area (Å²) < 4.78 is 29.6. The number of rotatable bonds is 14. The van der Waals surface area contributed by atoms with Crippen molar-refractivity contribution in [3.05, 3.63) is 125 Å². The third kappa shape index (κ3) is 8.79. The lowest BCUT2D eigenvalue weighted by Gasteiger charge is -2.34. The summed E-state index contributed by atoms with van der Waals surface area (Å²) in [7, 11) is -4.15. The van der Waals surface area contributed by atoms with Crippen LogP contribution in [0.15, 0.2) is 113 Å². The van der Waals surface area contributed by atoms with Gasteiger partial charge in [-0.1, -0.05) is 79.2 Å². The van der Waals surface area contributed by atoms with E-state index in [0.717, 1.165) is 37.9 Å². The predicted molar refractivity (Wildman–Crippen MR) is 187 cm³/mol. The molecule has 0 aliphatic rings. The second kappa shape index (κ2) is 16.0. The summed E-state index contributed by atoms with van der Waals surface area (Å²) in [5.41, 5.74) is 4.07. The number of benzene rings is 4. The molecule has 0 bridgehead atoms. The van der Waals surface area contributed by atoms with Gasteiger partial charge in [0, 0.05) is 23.9 Å². The van der Waals surface area contributed by atoms with Crippen molar-refractivity contribution in [2.24, 2.45) is 0 Å². The van der Waals surface area contributed by atoms with Crippen LogP contribution in [0.25, 0.3) is 0 Å². The van der Waals surface area contributed by atoms with E-state index in [0.29, 0.717) is 5.69 Å². The molecule has 242 valence electrons. The van der Waals surface area contributed by atoms with E-state index in [1.165, 1.54) is 11.8 Å². The lowest BCUT2D eigenvalue weighted by Crippen LogP contribution is -2.54. The fourth-order valence-corrected chi connectivity index (χ4v) is 6.90. The van der Waals surface area contributed by atoms with Crippen LogP contribution in [-0.2, 0) is 32.6 Å². The van der Waals surface area contributed by atoms with E-state index in [4.69, 9.17) is 0 Å². The summed E-state index contributed by atoms with van der Waals surface area (Å²) in [5.74, 6) is -0.758. The molecule has 0 aliphatic carbocycles. The second-order valence-electron chi connectivity index (χ2n) is 11.5. The first kappa shape index (κ1) is 34.8. The van der Waals surface area contributed by atoms with Gasteiger partial charge in [0.25, 0.3) is 10.0 Å². The van der Waals surface area contributed by atoms with Gasteiger partial charge in [0.15, 0.2) is 0 Å². The molecule has 9 heteroatoms. The molecular weight excluding hydrogens is 615 g/mol. The summed E-state index contributed by atoms with van der Waals surface area (Å²) in [6.45, 7) is 7.46. The molecule has 4 aromatic carbocycles. The number of sulfonamides is 1. The van der Waals surface area contributed by atoms with Crippen molar-refractivity contribution in [1.29, 1.82) is 0 Å². The Morgan fingerprint density at radius 2 is 1.48 bits per heavy atom. The molecule has 46 heavy (non-hydrogen) atoms. The fraction of sp³-hybridized carbons (Fsp3) is 0.297. The third-order valence-corrected chi connectivity index (χ3v) is 10.7. The number of amides is 2. The third-order valence-electron chi connectivity index (χ3n) is 8.12. The zero-order valence-electron chi connectivity index (χ0n) is 27.1. The summed E-state index contributed by atoms with van der Waals surface area (Å²) in [4.78, 5) is 31.1. The van der Waals surface area contributed by atoms with Crippen LogP contribution in [-0.4, -0.2) is 50.0 Å². The average molecular weight is 658 g/mol. The van der Waals surface area contributed by atoms with E-state index < -0.39 is 28.5 Å². The molecule has 0 aliphatic heterocycles. The van der Waals surface area contributed by atoms with Crippen LogP contribution in [0.5, 0.6) is 0 Å². The van der Waals surface area contributed by atoms with Gasteiger partial charge in [0.2, 0.25) is 11.8 Å². The largest absolute Gasteiger partial charge is 0.352 e. The average Bonchev–Trinajstić information content (AvgIpc) is 3.06. The van der Waals surface area contributed by atoms with Crippen LogP contribution in [0.4, 0.5) is 5.69 Å². The minimum absolute atomic E-state index is 0.0829. The maximum Gasteiger partial charge on any atom is 0.264 e. The first-order valence-electron chi connectivity index (χ1n) is 15.4. The Morgan fingerprint density at radius 3 is 2.09 bits per heavy atom. The first-order valence-corrected chi connectivity index (χ1v) is 18.1. The molecule has 0 aromatic heterocycles. The lowest BCUT2D eigenvalue weighted by atomic mass is 10.0. The molecule has 4 rings (SSSR count). The lowest BCUT2D eigenvalue weighted by molar-refractivity contribution is -0.140. The molecular formula is C37H43N3O4S2. The standard InChI is InChI=1S/C37H43N3O4S2/c1-6-29(4)38-37(42)35(24-30-13-8-7-9-14-30)39(25-31-15-11-10-12-28(31)3)36(41)26-40(32-18-16-27(2)17-19-32)46(43,44)34-22-20-33(45-5)21-23-34/h7-23,29,35H,6,24-26H2,1-5H3,(H,38,42)/t29-,35+/m1/s1. The molecule has 0 fully saturated rings. The van der Waals surface area contributed by atoms with E-state index in [-0.39, 0.29) is 29.8 Å². The van der Waals surface area contributed by atoms with Crippen molar-refractivity contribution in [2.75, 3.05) is 17.1 Å². The number of hydrogen-bond donors (Lipinski definition) is 1. The van der Waals surface area contributed by atoms with Gasteiger partial charge in [-0.3, -0.25) is 13.9 Å². The van der Waals surface area contributed by atoms with Crippen molar-refractivity contribution >= 4 is 39.3 Å². The van der Waals surface area contributed by atoms with Crippen molar-refractivity contribution in [3.8, 4) is 0 Å². The Balaban J connectivity index is 1.81. The molecule has 0 radical (unpaired) electrons. The maximum atomic E-state index is 14.6. The van der Waals surface area contributed by atoms with Crippen LogP contribution in [0.2, 0.25) is 0 Å². The van der Waals surface area contributed by atoms with Gasteiger partial charge in [-0.2, -0.15) is 0 Å². The Bertz CT molecular complexity index is 1710. The number of thioether (sulfide) groups is 1. The number of hydrogen-bond acceptors (Lipinski definition) is 5. The van der Waals surface area contributed by atoms with Gasteiger partial charge in [-0.05, 0) is 86.5 Å². The quantitative estimate of drug-likeness (QED) is 0.151. The van der Waals surface area contributed by atoms with Crippen LogP contribution in [0.3, 0.4) is 0 Å². The highest BCUT2D eigenvalue weighted by Crippen LogP contribution is 2.27. The molecule has 0 heterocycles. The van der Waals surface area contributed by atoms with Crippen molar-refractivity contribution in [1.82, 2.24) is 10.2 Å². The highest BCUT2D eigenvalue weighted by molar-refractivity contribution is 7.98. The molecule has 7 nitrogen and oxygen atoms in total. The molecule has 1 N–H and O–H groups in total. The van der Waals surface area contributed by atoms with E-state index in [2.05, 4.69) is 5.32 Å². The molecule has 2 amide bonds. The van der Waals surface area contributed by atoms with Crippen LogP contribution in [0, 0.1) is 13.8 Å². The van der Waals surface area contributed by atoms with Gasteiger partial charge in [-0.25, -0.2) is 8.42 Å². The van der Waals surface area contributed by atoms with Gasteiger partial charge < -0.3 is 10.2 Å². The maximum absolute atomic E-state index is 14.6. The Labute approximate surface area is 278 Å². The zero-order chi connectivity index (χ0) is 33.3. The molecule has 0 unspecified atom stereocenters. The van der Waals surface area contributed by atoms with Crippen molar-refractivity contribution in [2.45, 2.75) is 69.0 Å². The van der Waals surface area contributed by atoms with Crippen molar-refractivity contribution in [3.63, 3.8) is 0 Å². The van der Waals surface area contributed by atoms with E-state index in [9.17, 15) is 18.0 Å². The minimum atomic E-state index is -4.15. The van der Waals surface area contributed by atoms with E-state index in [1.54, 1.807) is 41.3 Å². The molecule has 4 aromatic rings. The first-order chi connectivity index (χ1) is 22.0. The Kier molecular flexibility index (Phi) is 12.1. The van der Waals surface area contributed by atoms with Gasteiger partial charge in [-0.15, -0.1) is 11.8 Å². The second-order valence-corrected chi connectivity index (χ2v) is 14.2. The number of aryl methyl sites for hydroxylation is 2. The minimum Gasteiger partial charge on any atom is -0.352 e. The monoisotopic (exact) mass is 657 g/mol. The number of carbonyl (C=O) groups excluding carboxylic acids is 2. The molecule has 2 atom stereocenters. The normalized spacial score (nSPS) is 12.6. The summed E-state index contributed by atoms with van der Waals surface area (Å²) in [5, 5.41) is 3.08. The molecule has 0 saturated heterocycles.